The molecule has 1 aliphatic carbocycles. The van der Waals surface area contributed by atoms with E-state index in [0.29, 0.717) is 5.82 Å². The molecule has 1 aromatic heterocycles. The number of anilines is 2. The van der Waals surface area contributed by atoms with Gasteiger partial charge in [-0.3, -0.25) is 4.98 Å². The lowest BCUT2D eigenvalue weighted by Crippen LogP contribution is -2.34. The Balaban J connectivity index is 1.88. The Morgan fingerprint density at radius 2 is 2.00 bits per heavy atom. The zero-order chi connectivity index (χ0) is 15.4. The van der Waals surface area contributed by atoms with E-state index in [1.54, 1.807) is 12.4 Å². The fraction of sp³-hybridized carbons (Fsp3) is 0.111. The van der Waals surface area contributed by atoms with Crippen molar-refractivity contribution in [2.24, 2.45) is 0 Å². The van der Waals surface area contributed by atoms with Crippen LogP contribution in [0.1, 0.15) is 6.42 Å². The van der Waals surface area contributed by atoms with E-state index in [2.05, 4.69) is 34.0 Å². The molecule has 0 saturated heterocycles. The SMILES string of the molecule is C=C[C@]1(Nc2cncc(-c3ccc(N)cc3)n2)C=CC=CC1. The summed E-state index contributed by atoms with van der Waals surface area (Å²) in [5.74, 6) is 0.717. The Labute approximate surface area is 130 Å². The Bertz CT molecular complexity index is 731. The minimum Gasteiger partial charge on any atom is -0.399 e. The van der Waals surface area contributed by atoms with Crippen LogP contribution in [0.3, 0.4) is 0 Å². The first-order valence-corrected chi connectivity index (χ1v) is 7.15. The van der Waals surface area contributed by atoms with Crippen molar-refractivity contribution in [1.82, 2.24) is 9.97 Å². The lowest BCUT2D eigenvalue weighted by molar-refractivity contribution is 0.711. The lowest BCUT2D eigenvalue weighted by Gasteiger charge is -2.29. The smallest absolute Gasteiger partial charge is 0.146 e. The second kappa shape index (κ2) is 5.85. The summed E-state index contributed by atoms with van der Waals surface area (Å²) >= 11 is 0. The highest BCUT2D eigenvalue weighted by Crippen LogP contribution is 2.25. The van der Waals surface area contributed by atoms with E-state index in [-0.39, 0.29) is 5.54 Å². The highest BCUT2D eigenvalue weighted by molar-refractivity contribution is 5.62. The van der Waals surface area contributed by atoms with E-state index in [1.165, 1.54) is 0 Å². The summed E-state index contributed by atoms with van der Waals surface area (Å²) in [6.07, 6.45) is 14.4. The van der Waals surface area contributed by atoms with Crippen LogP contribution in [-0.2, 0) is 0 Å². The van der Waals surface area contributed by atoms with Gasteiger partial charge in [-0.15, -0.1) is 6.58 Å². The third kappa shape index (κ3) is 2.91. The number of allylic oxidation sites excluding steroid dienone is 2. The van der Waals surface area contributed by atoms with Crippen molar-refractivity contribution in [3.63, 3.8) is 0 Å². The second-order valence-corrected chi connectivity index (χ2v) is 5.27. The first kappa shape index (κ1) is 14.1. The van der Waals surface area contributed by atoms with Crippen molar-refractivity contribution < 1.29 is 0 Å². The van der Waals surface area contributed by atoms with Crippen molar-refractivity contribution in [2.75, 3.05) is 11.1 Å². The third-order valence-electron chi connectivity index (χ3n) is 3.66. The summed E-state index contributed by atoms with van der Waals surface area (Å²) in [5.41, 5.74) is 7.92. The van der Waals surface area contributed by atoms with Crippen LogP contribution in [0.5, 0.6) is 0 Å². The van der Waals surface area contributed by atoms with Gasteiger partial charge in [0.2, 0.25) is 0 Å². The Kier molecular flexibility index (Phi) is 3.74. The number of hydrogen-bond donors (Lipinski definition) is 2. The van der Waals surface area contributed by atoms with E-state index < -0.39 is 0 Å². The van der Waals surface area contributed by atoms with Gasteiger partial charge in [0.25, 0.3) is 0 Å². The van der Waals surface area contributed by atoms with Gasteiger partial charge in [-0.05, 0) is 18.6 Å². The van der Waals surface area contributed by atoms with Crippen LogP contribution in [0.25, 0.3) is 11.3 Å². The molecule has 22 heavy (non-hydrogen) atoms. The molecule has 4 heteroatoms. The van der Waals surface area contributed by atoms with Crippen LogP contribution < -0.4 is 11.1 Å². The summed E-state index contributed by atoms with van der Waals surface area (Å²) < 4.78 is 0. The van der Waals surface area contributed by atoms with Crippen molar-refractivity contribution in [1.29, 1.82) is 0 Å². The molecule has 0 amide bonds. The van der Waals surface area contributed by atoms with Gasteiger partial charge >= 0.3 is 0 Å². The predicted octanol–water partition coefficient (Wildman–Crippen LogP) is 3.58. The van der Waals surface area contributed by atoms with E-state index in [4.69, 9.17) is 5.73 Å². The molecule has 0 radical (unpaired) electrons. The molecule has 0 unspecified atom stereocenters. The number of benzene rings is 1. The van der Waals surface area contributed by atoms with Crippen LogP contribution in [0, 0.1) is 0 Å². The fourth-order valence-electron chi connectivity index (χ4n) is 2.39. The molecule has 0 aliphatic heterocycles. The molecule has 2 aromatic rings. The number of hydrogen-bond acceptors (Lipinski definition) is 4. The number of nitrogens with two attached hydrogens (primary N) is 1. The number of rotatable bonds is 4. The van der Waals surface area contributed by atoms with Crippen LogP contribution in [0.2, 0.25) is 0 Å². The van der Waals surface area contributed by atoms with Gasteiger partial charge in [0, 0.05) is 11.3 Å². The Morgan fingerprint density at radius 3 is 2.68 bits per heavy atom. The molecule has 0 bridgehead atoms. The van der Waals surface area contributed by atoms with Gasteiger partial charge in [-0.1, -0.05) is 42.5 Å². The summed E-state index contributed by atoms with van der Waals surface area (Å²) in [7, 11) is 0. The first-order chi connectivity index (χ1) is 10.7. The zero-order valence-corrected chi connectivity index (χ0v) is 12.2. The van der Waals surface area contributed by atoms with Crippen molar-refractivity contribution in [3.8, 4) is 11.3 Å². The molecule has 3 rings (SSSR count). The maximum Gasteiger partial charge on any atom is 0.146 e. The van der Waals surface area contributed by atoms with Gasteiger partial charge in [-0.25, -0.2) is 4.98 Å². The van der Waals surface area contributed by atoms with Gasteiger partial charge < -0.3 is 11.1 Å². The van der Waals surface area contributed by atoms with Crippen molar-refractivity contribution in [2.45, 2.75) is 12.0 Å². The molecule has 0 spiro atoms. The van der Waals surface area contributed by atoms with Gasteiger partial charge in [-0.2, -0.15) is 0 Å². The van der Waals surface area contributed by atoms with Crippen LogP contribution in [-0.4, -0.2) is 15.5 Å². The molecule has 110 valence electrons. The highest BCUT2D eigenvalue weighted by atomic mass is 15.1. The number of nitrogens with one attached hydrogen (secondary N) is 1. The lowest BCUT2D eigenvalue weighted by atomic mass is 9.91. The zero-order valence-electron chi connectivity index (χ0n) is 12.2. The molecule has 0 fully saturated rings. The molecule has 0 saturated carbocycles. The summed E-state index contributed by atoms with van der Waals surface area (Å²) in [6, 6.07) is 7.60. The van der Waals surface area contributed by atoms with Crippen LogP contribution >= 0.6 is 0 Å². The number of nitrogen functional groups attached to an aromatic ring is 1. The van der Waals surface area contributed by atoms with Gasteiger partial charge in [0.1, 0.15) is 5.82 Å². The topological polar surface area (TPSA) is 63.8 Å². The van der Waals surface area contributed by atoms with E-state index in [0.717, 1.165) is 23.4 Å². The molecule has 1 aromatic carbocycles. The van der Waals surface area contributed by atoms with Crippen LogP contribution in [0.4, 0.5) is 11.5 Å². The maximum absolute atomic E-state index is 5.72. The first-order valence-electron chi connectivity index (χ1n) is 7.15. The third-order valence-corrected chi connectivity index (χ3v) is 3.66. The molecule has 4 nitrogen and oxygen atoms in total. The standard InChI is InChI=1S/C18H18N4/c1-2-18(10-4-3-5-11-18)22-17-13-20-12-16(21-17)14-6-8-15(19)9-7-14/h2-10,12-13H,1,11,19H2,(H,21,22)/t18-/m0/s1. The Morgan fingerprint density at radius 1 is 1.18 bits per heavy atom. The highest BCUT2D eigenvalue weighted by Gasteiger charge is 2.23. The van der Waals surface area contributed by atoms with Crippen molar-refractivity contribution >= 4 is 11.5 Å². The average molecular weight is 290 g/mol. The summed E-state index contributed by atoms with van der Waals surface area (Å²) in [6.45, 7) is 3.93. The number of nitrogens with zero attached hydrogens (tertiary/aromatic N) is 2. The summed E-state index contributed by atoms with van der Waals surface area (Å²) in [4.78, 5) is 8.92. The van der Waals surface area contributed by atoms with E-state index >= 15 is 0 Å². The summed E-state index contributed by atoms with van der Waals surface area (Å²) in [5, 5.41) is 3.41. The van der Waals surface area contributed by atoms with E-state index in [1.807, 2.05) is 42.5 Å². The van der Waals surface area contributed by atoms with Gasteiger partial charge in [0.05, 0.1) is 23.6 Å². The van der Waals surface area contributed by atoms with Gasteiger partial charge in [0.15, 0.2) is 0 Å². The molecule has 3 N–H and O–H groups in total. The molecule has 1 heterocycles. The largest absolute Gasteiger partial charge is 0.399 e. The molecular weight excluding hydrogens is 272 g/mol. The Hall–Kier alpha value is -2.88. The predicted molar refractivity (Wildman–Crippen MR) is 91.3 cm³/mol. The van der Waals surface area contributed by atoms with E-state index in [9.17, 15) is 0 Å². The molecule has 1 atom stereocenters. The minimum atomic E-state index is -0.316. The second-order valence-electron chi connectivity index (χ2n) is 5.27. The normalized spacial score (nSPS) is 19.8. The quantitative estimate of drug-likeness (QED) is 0.667. The van der Waals surface area contributed by atoms with Crippen molar-refractivity contribution in [3.05, 3.63) is 73.6 Å². The molecule has 1 aliphatic rings. The fourth-order valence-corrected chi connectivity index (χ4v) is 2.39. The maximum atomic E-state index is 5.72. The average Bonchev–Trinajstić information content (AvgIpc) is 2.57. The van der Waals surface area contributed by atoms with Crippen LogP contribution in [0.15, 0.2) is 73.6 Å². The number of aromatic nitrogens is 2. The monoisotopic (exact) mass is 290 g/mol. The minimum absolute atomic E-state index is 0.316. The molecular formula is C18H18N4.